The molecule has 2 rings (SSSR count). The average molecular weight is 240 g/mol. The van der Waals surface area contributed by atoms with E-state index in [-0.39, 0.29) is 5.78 Å². The molecule has 0 saturated carbocycles. The molecule has 18 heavy (non-hydrogen) atoms. The van der Waals surface area contributed by atoms with Gasteiger partial charge in [0.15, 0.2) is 5.78 Å². The Morgan fingerprint density at radius 1 is 1.00 bits per heavy atom. The molecule has 0 atom stereocenters. The number of aryl methyl sites for hydroxylation is 1. The van der Waals surface area contributed by atoms with Crippen LogP contribution in [0.2, 0.25) is 0 Å². The number of methoxy groups -OCH3 is 1. The number of benzene rings is 2. The summed E-state index contributed by atoms with van der Waals surface area (Å²) in [7, 11) is 1.62. The summed E-state index contributed by atoms with van der Waals surface area (Å²) in [6.07, 6.45) is 1.32. The molecular formula is C16H16O2. The summed E-state index contributed by atoms with van der Waals surface area (Å²) < 4.78 is 5.07. The lowest BCUT2D eigenvalue weighted by molar-refractivity contribution is 0.0983. The van der Waals surface area contributed by atoms with E-state index >= 15 is 0 Å². The van der Waals surface area contributed by atoms with E-state index in [1.54, 1.807) is 7.11 Å². The Bertz CT molecular complexity index is 500. The zero-order chi connectivity index (χ0) is 12.8. The van der Waals surface area contributed by atoms with Crippen LogP contribution in [0.15, 0.2) is 54.6 Å². The summed E-state index contributed by atoms with van der Waals surface area (Å²) in [5, 5.41) is 0. The first-order chi connectivity index (χ1) is 8.79. The maximum Gasteiger partial charge on any atom is 0.163 e. The first-order valence-electron chi connectivity index (χ1n) is 6.01. The Balaban J connectivity index is 1.95. The molecule has 0 bridgehead atoms. The summed E-state index contributed by atoms with van der Waals surface area (Å²) in [5.41, 5.74) is 1.94. The molecule has 0 aliphatic carbocycles. The number of carbonyl (C=O) groups is 1. The van der Waals surface area contributed by atoms with Crippen LogP contribution in [-0.2, 0) is 6.42 Å². The van der Waals surface area contributed by atoms with E-state index in [1.807, 2.05) is 54.6 Å². The molecule has 0 radical (unpaired) electrons. The highest BCUT2D eigenvalue weighted by Gasteiger charge is 2.06. The fraction of sp³-hybridized carbons (Fsp3) is 0.188. The van der Waals surface area contributed by atoms with Crippen LogP contribution >= 0.6 is 0 Å². The smallest absolute Gasteiger partial charge is 0.163 e. The maximum absolute atomic E-state index is 12.0. The summed E-state index contributed by atoms with van der Waals surface area (Å²) in [4.78, 5) is 12.0. The highest BCUT2D eigenvalue weighted by molar-refractivity contribution is 5.96. The van der Waals surface area contributed by atoms with Crippen LogP contribution in [0.5, 0.6) is 5.75 Å². The van der Waals surface area contributed by atoms with Gasteiger partial charge in [-0.05, 0) is 36.2 Å². The van der Waals surface area contributed by atoms with E-state index in [1.165, 1.54) is 5.56 Å². The molecule has 0 heterocycles. The second-order valence-corrected chi connectivity index (χ2v) is 4.14. The molecule has 0 unspecified atom stereocenters. The first-order valence-corrected chi connectivity index (χ1v) is 6.01. The van der Waals surface area contributed by atoms with Crippen molar-refractivity contribution in [2.24, 2.45) is 0 Å². The summed E-state index contributed by atoms with van der Waals surface area (Å²) >= 11 is 0. The molecule has 0 aliphatic heterocycles. The van der Waals surface area contributed by atoms with E-state index in [2.05, 4.69) is 0 Å². The van der Waals surface area contributed by atoms with Gasteiger partial charge < -0.3 is 4.74 Å². The van der Waals surface area contributed by atoms with Crippen molar-refractivity contribution in [2.75, 3.05) is 7.11 Å². The topological polar surface area (TPSA) is 26.3 Å². The van der Waals surface area contributed by atoms with Gasteiger partial charge in [-0.2, -0.15) is 0 Å². The minimum atomic E-state index is 0.168. The van der Waals surface area contributed by atoms with Crippen LogP contribution in [0, 0.1) is 0 Å². The predicted octanol–water partition coefficient (Wildman–Crippen LogP) is 3.51. The molecule has 92 valence electrons. The minimum absolute atomic E-state index is 0.168. The average Bonchev–Trinajstić information content (AvgIpc) is 2.46. The van der Waals surface area contributed by atoms with E-state index in [9.17, 15) is 4.79 Å². The highest BCUT2D eigenvalue weighted by Crippen LogP contribution is 2.14. The van der Waals surface area contributed by atoms with Crippen LogP contribution in [0.3, 0.4) is 0 Å². The lowest BCUT2D eigenvalue weighted by Crippen LogP contribution is -2.01. The number of rotatable bonds is 5. The van der Waals surface area contributed by atoms with Crippen molar-refractivity contribution < 1.29 is 9.53 Å². The van der Waals surface area contributed by atoms with E-state index in [0.717, 1.165) is 17.7 Å². The molecule has 0 aliphatic rings. The molecule has 0 saturated heterocycles. The maximum atomic E-state index is 12.0. The Labute approximate surface area is 107 Å². The molecular weight excluding hydrogens is 224 g/mol. The zero-order valence-corrected chi connectivity index (χ0v) is 10.4. The van der Waals surface area contributed by atoms with Gasteiger partial charge in [0.05, 0.1) is 7.11 Å². The standard InChI is InChI=1S/C16H16O2/c1-18-15-10-8-14(9-11-15)16(17)12-7-13-5-3-2-4-6-13/h2-6,8-11H,7,12H2,1H3. The largest absolute Gasteiger partial charge is 0.497 e. The van der Waals surface area contributed by atoms with Gasteiger partial charge in [-0.15, -0.1) is 0 Å². The van der Waals surface area contributed by atoms with Crippen molar-refractivity contribution in [3.05, 3.63) is 65.7 Å². The van der Waals surface area contributed by atoms with E-state index in [0.29, 0.717) is 6.42 Å². The predicted molar refractivity (Wildman–Crippen MR) is 72.1 cm³/mol. The Morgan fingerprint density at radius 2 is 1.67 bits per heavy atom. The van der Waals surface area contributed by atoms with Gasteiger partial charge in [0.1, 0.15) is 5.75 Å². The van der Waals surface area contributed by atoms with Crippen molar-refractivity contribution >= 4 is 5.78 Å². The zero-order valence-electron chi connectivity index (χ0n) is 10.4. The van der Waals surface area contributed by atoms with Gasteiger partial charge in [-0.25, -0.2) is 0 Å². The minimum Gasteiger partial charge on any atom is -0.497 e. The highest BCUT2D eigenvalue weighted by atomic mass is 16.5. The number of ketones is 1. The van der Waals surface area contributed by atoms with Crippen molar-refractivity contribution in [2.45, 2.75) is 12.8 Å². The molecule has 2 heteroatoms. The normalized spacial score (nSPS) is 10.1. The molecule has 0 N–H and O–H groups in total. The molecule has 2 aromatic rings. The fourth-order valence-electron chi connectivity index (χ4n) is 1.82. The third kappa shape index (κ3) is 3.20. The third-order valence-electron chi connectivity index (χ3n) is 2.90. The van der Waals surface area contributed by atoms with Crippen LogP contribution in [0.4, 0.5) is 0 Å². The van der Waals surface area contributed by atoms with Crippen LogP contribution < -0.4 is 4.74 Å². The van der Waals surface area contributed by atoms with Gasteiger partial charge >= 0.3 is 0 Å². The molecule has 2 nitrogen and oxygen atoms in total. The van der Waals surface area contributed by atoms with Crippen molar-refractivity contribution in [1.29, 1.82) is 0 Å². The molecule has 0 fully saturated rings. The van der Waals surface area contributed by atoms with Gasteiger partial charge in [0.2, 0.25) is 0 Å². The van der Waals surface area contributed by atoms with Crippen LogP contribution in [0.1, 0.15) is 22.3 Å². The van der Waals surface area contributed by atoms with Gasteiger partial charge in [0.25, 0.3) is 0 Å². The summed E-state index contributed by atoms with van der Waals surface area (Å²) in [6, 6.07) is 17.3. The molecule has 0 spiro atoms. The van der Waals surface area contributed by atoms with Crippen LogP contribution in [0.25, 0.3) is 0 Å². The van der Waals surface area contributed by atoms with Crippen molar-refractivity contribution in [1.82, 2.24) is 0 Å². The number of hydrogen-bond acceptors (Lipinski definition) is 2. The first kappa shape index (κ1) is 12.4. The number of Topliss-reactive ketones (excluding diaryl/α,β-unsaturated/α-hetero) is 1. The molecule has 0 amide bonds. The number of carbonyl (C=O) groups excluding carboxylic acids is 1. The summed E-state index contributed by atoms with van der Waals surface area (Å²) in [5.74, 6) is 0.941. The Morgan fingerprint density at radius 3 is 2.28 bits per heavy atom. The lowest BCUT2D eigenvalue weighted by Gasteiger charge is -2.03. The fourth-order valence-corrected chi connectivity index (χ4v) is 1.82. The number of hydrogen-bond donors (Lipinski definition) is 0. The SMILES string of the molecule is COc1ccc(C(=O)CCc2ccccc2)cc1. The monoisotopic (exact) mass is 240 g/mol. The Hall–Kier alpha value is -2.09. The quantitative estimate of drug-likeness (QED) is 0.747. The summed E-state index contributed by atoms with van der Waals surface area (Å²) in [6.45, 7) is 0. The lowest BCUT2D eigenvalue weighted by atomic mass is 10.0. The molecule has 2 aromatic carbocycles. The van der Waals surface area contributed by atoms with Crippen LogP contribution in [-0.4, -0.2) is 12.9 Å². The van der Waals surface area contributed by atoms with Crippen molar-refractivity contribution in [3.8, 4) is 5.75 Å². The van der Waals surface area contributed by atoms with E-state index in [4.69, 9.17) is 4.74 Å². The van der Waals surface area contributed by atoms with Gasteiger partial charge in [-0.3, -0.25) is 4.79 Å². The van der Waals surface area contributed by atoms with Gasteiger partial charge in [-0.1, -0.05) is 30.3 Å². The Kier molecular flexibility index (Phi) is 4.13. The second-order valence-electron chi connectivity index (χ2n) is 4.14. The van der Waals surface area contributed by atoms with Gasteiger partial charge in [0, 0.05) is 12.0 Å². The molecule has 0 aromatic heterocycles. The second kappa shape index (κ2) is 6.01. The van der Waals surface area contributed by atoms with E-state index < -0.39 is 0 Å². The third-order valence-corrected chi connectivity index (χ3v) is 2.90. The number of ether oxygens (including phenoxy) is 1. The van der Waals surface area contributed by atoms with Crippen molar-refractivity contribution in [3.63, 3.8) is 0 Å².